The summed E-state index contributed by atoms with van der Waals surface area (Å²) in [6.45, 7) is 2.11. The van der Waals surface area contributed by atoms with Crippen LogP contribution in [-0.2, 0) is 11.7 Å². The highest BCUT2D eigenvalue weighted by Crippen LogP contribution is 2.44. The summed E-state index contributed by atoms with van der Waals surface area (Å²) in [5.41, 5.74) is 4.54. The molecule has 166 valence electrons. The lowest BCUT2D eigenvalue weighted by molar-refractivity contribution is -0.138. The molecule has 1 atom stereocenters. The van der Waals surface area contributed by atoms with Gasteiger partial charge in [0, 0.05) is 5.92 Å². The molecule has 1 saturated carbocycles. The van der Waals surface area contributed by atoms with E-state index in [0.717, 1.165) is 6.92 Å². The van der Waals surface area contributed by atoms with Crippen LogP contribution >= 0.6 is 0 Å². The second-order valence-corrected chi connectivity index (χ2v) is 8.50. The number of hydrogen-bond donors (Lipinski definition) is 2. The maximum absolute atomic E-state index is 13.9. The first-order valence-electron chi connectivity index (χ1n) is 9.91. The minimum atomic E-state index is -4.66. The molecule has 1 aliphatic rings. The molecule has 0 radical (unpaired) electrons. The van der Waals surface area contributed by atoms with Crippen LogP contribution in [0.5, 0.6) is 5.75 Å². The molecule has 0 amide bonds. The summed E-state index contributed by atoms with van der Waals surface area (Å²) in [4.78, 5) is 0. The van der Waals surface area contributed by atoms with E-state index < -0.39 is 35.2 Å². The summed E-state index contributed by atoms with van der Waals surface area (Å²) in [5.74, 6) is -3.87. The molecular formula is C22H26F5NO2. The zero-order valence-corrected chi connectivity index (χ0v) is 16.9. The predicted molar refractivity (Wildman–Crippen MR) is 105 cm³/mol. The molecule has 0 unspecified atom stereocenters. The van der Waals surface area contributed by atoms with E-state index in [1.165, 1.54) is 30.3 Å². The number of hydrogen-bond acceptors (Lipinski definition) is 3. The van der Waals surface area contributed by atoms with Crippen molar-refractivity contribution in [1.82, 2.24) is 0 Å². The molecule has 3 rings (SSSR count). The van der Waals surface area contributed by atoms with Gasteiger partial charge < -0.3 is 15.6 Å². The van der Waals surface area contributed by atoms with Gasteiger partial charge in [-0.15, -0.1) is 0 Å². The number of ether oxygens (including phenoxy) is 1. The van der Waals surface area contributed by atoms with Crippen LogP contribution in [0.1, 0.15) is 50.7 Å². The fraction of sp³-hybridized carbons (Fsp3) is 0.545. The Bertz CT molecular complexity index is 897. The van der Waals surface area contributed by atoms with Crippen LogP contribution in [0.3, 0.4) is 0 Å². The van der Waals surface area contributed by atoms with Gasteiger partial charge in [-0.3, -0.25) is 0 Å². The summed E-state index contributed by atoms with van der Waals surface area (Å²) in [5, 5.41) is 9.72. The summed E-state index contributed by atoms with van der Waals surface area (Å²) >= 11 is 0. The Labute approximate surface area is 172 Å². The Morgan fingerprint density at radius 2 is 1.63 bits per heavy atom. The molecule has 1 aliphatic carbocycles. The van der Waals surface area contributed by atoms with Crippen molar-refractivity contribution in [2.45, 2.75) is 63.3 Å². The number of fused-ring (bicyclic) bond motifs is 1. The van der Waals surface area contributed by atoms with Crippen LogP contribution in [0.15, 0.2) is 30.3 Å². The number of aliphatic hydroxyl groups excluding tert-OH is 1. The number of nitrogens with two attached hydrogens (primary N) is 1. The van der Waals surface area contributed by atoms with E-state index in [1.54, 1.807) is 6.92 Å². The van der Waals surface area contributed by atoms with Gasteiger partial charge in [0.25, 0.3) is 0 Å². The van der Waals surface area contributed by atoms with E-state index in [9.17, 15) is 27.1 Å². The van der Waals surface area contributed by atoms with Gasteiger partial charge in [0.1, 0.15) is 11.3 Å². The van der Waals surface area contributed by atoms with E-state index in [2.05, 4.69) is 0 Å². The number of rotatable bonds is 5. The van der Waals surface area contributed by atoms with Crippen molar-refractivity contribution >= 4 is 10.8 Å². The van der Waals surface area contributed by atoms with E-state index in [-0.39, 0.29) is 43.4 Å². The summed E-state index contributed by atoms with van der Waals surface area (Å²) in [6, 6.07) is 7.10. The first-order chi connectivity index (χ1) is 13.8. The standard InChI is InChI=1S/C22H26F5NO2/c1-20(28,12-29)15-6-9-17-13(11-15)3-10-18(19(17)22(25,26)27)30-16-7-4-14(5-8-16)21(2,23)24/h3,6,9-11,14,16,29H,4-5,7-8,12,28H2,1-2H3/t14?,16?,20-/m0/s1. The fourth-order valence-corrected chi connectivity index (χ4v) is 4.01. The predicted octanol–water partition coefficient (Wildman–Crippen LogP) is 5.62. The first kappa shape index (κ1) is 22.7. The zero-order valence-electron chi connectivity index (χ0n) is 16.9. The van der Waals surface area contributed by atoms with Gasteiger partial charge in [-0.25, -0.2) is 8.78 Å². The highest BCUT2D eigenvalue weighted by molar-refractivity contribution is 5.89. The molecule has 30 heavy (non-hydrogen) atoms. The third-order valence-corrected chi connectivity index (χ3v) is 5.94. The van der Waals surface area contributed by atoms with Crippen molar-refractivity contribution in [3.63, 3.8) is 0 Å². The quantitative estimate of drug-likeness (QED) is 0.605. The van der Waals surface area contributed by atoms with Crippen molar-refractivity contribution in [1.29, 1.82) is 0 Å². The van der Waals surface area contributed by atoms with Crippen LogP contribution in [0.2, 0.25) is 0 Å². The second kappa shape index (κ2) is 7.96. The normalized spacial score (nSPS) is 22.7. The van der Waals surface area contributed by atoms with Gasteiger partial charge in [-0.05, 0) is 68.0 Å². The van der Waals surface area contributed by atoms with Gasteiger partial charge in [0.05, 0.1) is 18.2 Å². The molecule has 2 aromatic carbocycles. The molecular weight excluding hydrogens is 405 g/mol. The Hall–Kier alpha value is -1.93. The first-order valence-corrected chi connectivity index (χ1v) is 9.91. The highest BCUT2D eigenvalue weighted by Gasteiger charge is 2.40. The number of aliphatic hydroxyl groups is 1. The maximum Gasteiger partial charge on any atom is 0.420 e. The molecule has 0 saturated heterocycles. The minimum Gasteiger partial charge on any atom is -0.490 e. The summed E-state index contributed by atoms with van der Waals surface area (Å²) in [7, 11) is 0. The smallest absolute Gasteiger partial charge is 0.420 e. The van der Waals surface area contributed by atoms with Gasteiger partial charge in [-0.2, -0.15) is 13.2 Å². The largest absolute Gasteiger partial charge is 0.490 e. The summed E-state index contributed by atoms with van der Waals surface area (Å²) < 4.78 is 74.4. The van der Waals surface area contributed by atoms with E-state index >= 15 is 0 Å². The Morgan fingerprint density at radius 1 is 1.00 bits per heavy atom. The molecule has 8 heteroatoms. The van der Waals surface area contributed by atoms with E-state index in [0.29, 0.717) is 10.9 Å². The molecule has 0 aromatic heterocycles. The molecule has 1 fully saturated rings. The summed E-state index contributed by atoms with van der Waals surface area (Å²) in [6.07, 6.45) is -4.21. The van der Waals surface area contributed by atoms with E-state index in [4.69, 9.17) is 10.5 Å². The number of halogens is 5. The second-order valence-electron chi connectivity index (χ2n) is 8.50. The van der Waals surface area contributed by atoms with Crippen LogP contribution in [0.25, 0.3) is 10.8 Å². The third kappa shape index (κ3) is 4.70. The molecule has 0 heterocycles. The van der Waals surface area contributed by atoms with Crippen molar-refractivity contribution in [3.8, 4) is 5.75 Å². The van der Waals surface area contributed by atoms with Gasteiger partial charge in [0.15, 0.2) is 0 Å². The molecule has 3 nitrogen and oxygen atoms in total. The lowest BCUT2D eigenvalue weighted by atomic mass is 9.83. The molecule has 0 spiro atoms. The molecule has 0 aliphatic heterocycles. The number of alkyl halides is 5. The van der Waals surface area contributed by atoms with Crippen molar-refractivity contribution in [2.75, 3.05) is 6.61 Å². The lowest BCUT2D eigenvalue weighted by Crippen LogP contribution is -2.36. The van der Waals surface area contributed by atoms with Crippen LogP contribution < -0.4 is 10.5 Å². The molecule has 3 N–H and O–H groups in total. The minimum absolute atomic E-state index is 0.0359. The topological polar surface area (TPSA) is 55.5 Å². The monoisotopic (exact) mass is 431 g/mol. The third-order valence-electron chi connectivity index (χ3n) is 5.94. The van der Waals surface area contributed by atoms with Gasteiger partial charge in [-0.1, -0.05) is 18.2 Å². The van der Waals surface area contributed by atoms with Crippen LogP contribution in [0.4, 0.5) is 22.0 Å². The molecule has 0 bridgehead atoms. The van der Waals surface area contributed by atoms with Crippen LogP contribution in [-0.4, -0.2) is 23.7 Å². The van der Waals surface area contributed by atoms with Crippen molar-refractivity contribution < 1.29 is 31.8 Å². The SMILES string of the molecule is CC(F)(F)C1CCC(Oc2ccc3cc([C@@](C)(N)CO)ccc3c2C(F)(F)F)CC1. The molecule has 2 aromatic rings. The Balaban J connectivity index is 1.93. The van der Waals surface area contributed by atoms with Crippen molar-refractivity contribution in [3.05, 3.63) is 41.5 Å². The van der Waals surface area contributed by atoms with Crippen LogP contribution in [0, 0.1) is 5.92 Å². The maximum atomic E-state index is 13.9. The van der Waals surface area contributed by atoms with Gasteiger partial charge >= 0.3 is 6.18 Å². The zero-order chi connectivity index (χ0) is 22.3. The van der Waals surface area contributed by atoms with E-state index in [1.807, 2.05) is 0 Å². The average Bonchev–Trinajstić information content (AvgIpc) is 2.66. The van der Waals surface area contributed by atoms with Crippen molar-refractivity contribution in [2.24, 2.45) is 11.7 Å². The number of benzene rings is 2. The highest BCUT2D eigenvalue weighted by atomic mass is 19.4. The fourth-order valence-electron chi connectivity index (χ4n) is 4.01. The Morgan fingerprint density at radius 3 is 2.17 bits per heavy atom. The Kier molecular flexibility index (Phi) is 6.04. The van der Waals surface area contributed by atoms with Gasteiger partial charge in [0.2, 0.25) is 5.92 Å². The lowest BCUT2D eigenvalue weighted by Gasteiger charge is -2.32. The average molecular weight is 431 g/mol.